The highest BCUT2D eigenvalue weighted by molar-refractivity contribution is 7.21. The zero-order valence-corrected chi connectivity index (χ0v) is 22.1. The fourth-order valence-corrected chi connectivity index (χ4v) is 6.05. The monoisotopic (exact) mass is 517 g/mol. The number of nitrogens with zero attached hydrogens (tertiary/aromatic N) is 2. The van der Waals surface area contributed by atoms with E-state index in [1.807, 2.05) is 45.0 Å². The minimum Gasteiger partial charge on any atom is -0.491 e. The molecule has 0 spiro atoms. The van der Waals surface area contributed by atoms with Crippen LogP contribution < -0.4 is 25.6 Å². The number of rotatable bonds is 8. The van der Waals surface area contributed by atoms with Crippen LogP contribution in [0.2, 0.25) is 0 Å². The number of ether oxygens (including phenoxy) is 1. The second-order valence-electron chi connectivity index (χ2n) is 9.75. The van der Waals surface area contributed by atoms with E-state index in [0.29, 0.717) is 21.1 Å². The van der Waals surface area contributed by atoms with E-state index >= 15 is 0 Å². The molecule has 3 aromatic rings. The molecule has 0 saturated heterocycles. The molecule has 5 rings (SSSR count). The smallest absolute Gasteiger partial charge is 0.331 e. The molecule has 1 aliphatic heterocycles. The Morgan fingerprint density at radius 3 is 2.70 bits per heavy atom. The number of urea groups is 1. The average Bonchev–Trinajstić information content (AvgIpc) is 3.44. The molecular weight excluding hydrogens is 486 g/mol. The first-order chi connectivity index (χ1) is 17.7. The Morgan fingerprint density at radius 1 is 1.24 bits per heavy atom. The number of aromatic nitrogens is 1. The molecule has 8 nitrogen and oxygen atoms in total. The number of carbonyl (C=O) groups is 2. The Bertz CT molecular complexity index is 1410. The van der Waals surface area contributed by atoms with Gasteiger partial charge in [0.25, 0.3) is 5.91 Å². The summed E-state index contributed by atoms with van der Waals surface area (Å²) in [6, 6.07) is 7.46. The number of nitrogens with one attached hydrogen (secondary N) is 3. The van der Waals surface area contributed by atoms with Gasteiger partial charge in [0.1, 0.15) is 15.5 Å². The molecule has 192 valence electrons. The second-order valence-corrected chi connectivity index (χ2v) is 10.8. The van der Waals surface area contributed by atoms with E-state index in [-0.39, 0.29) is 30.1 Å². The largest absolute Gasteiger partial charge is 0.491 e. The van der Waals surface area contributed by atoms with Crippen molar-refractivity contribution >= 4 is 50.6 Å². The molecular formula is C28H31N5O3S. The summed E-state index contributed by atoms with van der Waals surface area (Å²) in [5, 5.41) is 10.2. The van der Waals surface area contributed by atoms with E-state index in [4.69, 9.17) is 4.74 Å². The zero-order valence-electron chi connectivity index (χ0n) is 21.3. The van der Waals surface area contributed by atoms with Gasteiger partial charge < -0.3 is 20.7 Å². The summed E-state index contributed by atoms with van der Waals surface area (Å²) >= 11 is 1.29. The van der Waals surface area contributed by atoms with Crippen LogP contribution in [0.15, 0.2) is 55.4 Å². The predicted molar refractivity (Wildman–Crippen MR) is 149 cm³/mol. The third-order valence-corrected chi connectivity index (χ3v) is 7.73. The van der Waals surface area contributed by atoms with Gasteiger partial charge in [-0.05, 0) is 75.9 Å². The number of hydrogen-bond acceptors (Lipinski definition) is 6. The zero-order chi connectivity index (χ0) is 26.3. The van der Waals surface area contributed by atoms with Crippen LogP contribution >= 0.6 is 11.3 Å². The molecule has 3 N–H and O–H groups in total. The lowest BCUT2D eigenvalue weighted by Gasteiger charge is -2.29. The number of pyridine rings is 1. The first-order valence-electron chi connectivity index (χ1n) is 12.4. The number of anilines is 3. The van der Waals surface area contributed by atoms with Crippen molar-refractivity contribution in [1.29, 1.82) is 0 Å². The van der Waals surface area contributed by atoms with Crippen LogP contribution in [-0.2, 0) is 0 Å². The van der Waals surface area contributed by atoms with E-state index < -0.39 is 0 Å². The number of carbonyl (C=O) groups excluding carboxylic acids is 2. The van der Waals surface area contributed by atoms with E-state index in [1.54, 1.807) is 17.2 Å². The van der Waals surface area contributed by atoms with Gasteiger partial charge in [-0.25, -0.2) is 9.78 Å². The number of thiophene rings is 1. The number of aryl methyl sites for hydroxylation is 1. The van der Waals surface area contributed by atoms with Gasteiger partial charge in [-0.3, -0.25) is 9.69 Å². The maximum absolute atomic E-state index is 13.4. The minimum absolute atomic E-state index is 0.0393. The standard InChI is InChI=1S/C28H31N5O3S/c1-6-17(5)30-18-7-8-19(14-18)31-26(34)25-24-23-22(11-12-29-27(23)37-25)33(28(35)32-24)21-10-9-20(13-16(21)4)36-15(2)3/h6,9-13,15,18-19,30H,1,5,7-8,14H2,2-4H3,(H,31,34)(H,32,35). The first-order valence-corrected chi connectivity index (χ1v) is 13.3. The van der Waals surface area contributed by atoms with E-state index in [1.165, 1.54) is 11.3 Å². The third-order valence-electron chi connectivity index (χ3n) is 6.64. The van der Waals surface area contributed by atoms with Gasteiger partial charge in [-0.2, -0.15) is 0 Å². The second kappa shape index (κ2) is 9.89. The normalized spacial score (nSPS) is 18.6. The molecule has 2 aromatic heterocycles. The quantitative estimate of drug-likeness (QED) is 0.318. The molecule has 3 amide bonds. The summed E-state index contributed by atoms with van der Waals surface area (Å²) in [5.41, 5.74) is 3.65. The summed E-state index contributed by atoms with van der Waals surface area (Å²) in [5.74, 6) is 0.555. The Labute approximate surface area is 220 Å². The molecule has 2 aliphatic rings. The van der Waals surface area contributed by atoms with Crippen molar-refractivity contribution in [1.82, 2.24) is 15.6 Å². The molecule has 0 radical (unpaired) electrons. The highest BCUT2D eigenvalue weighted by Crippen LogP contribution is 2.46. The van der Waals surface area contributed by atoms with Crippen molar-refractivity contribution in [3.63, 3.8) is 0 Å². The lowest BCUT2D eigenvalue weighted by molar-refractivity contribution is 0.0942. The van der Waals surface area contributed by atoms with E-state index in [0.717, 1.165) is 47.3 Å². The van der Waals surface area contributed by atoms with E-state index in [9.17, 15) is 9.59 Å². The molecule has 1 fully saturated rings. The van der Waals surface area contributed by atoms with Gasteiger partial charge in [-0.15, -0.1) is 11.3 Å². The molecule has 1 saturated carbocycles. The summed E-state index contributed by atoms with van der Waals surface area (Å²) in [4.78, 5) is 34.1. The van der Waals surface area contributed by atoms with Crippen molar-refractivity contribution in [3.8, 4) is 5.75 Å². The molecule has 2 atom stereocenters. The fraction of sp³-hybridized carbons (Fsp3) is 0.321. The summed E-state index contributed by atoms with van der Waals surface area (Å²) in [6.45, 7) is 13.5. The van der Waals surface area contributed by atoms with Gasteiger partial charge in [0.05, 0.1) is 28.6 Å². The minimum atomic E-state index is -0.318. The van der Waals surface area contributed by atoms with Crippen LogP contribution in [0.25, 0.3) is 10.2 Å². The first kappa shape index (κ1) is 24.8. The SMILES string of the molecule is C=CC(=C)NC1CCC(NC(=O)c2sc3nccc4c3c2NC(=O)N4c2ccc(OC(C)C)cc2C)C1. The Hall–Kier alpha value is -3.85. The lowest BCUT2D eigenvalue weighted by atomic mass is 10.1. The van der Waals surface area contributed by atoms with Crippen LogP contribution in [0.3, 0.4) is 0 Å². The topological polar surface area (TPSA) is 95.6 Å². The maximum atomic E-state index is 13.4. The molecule has 37 heavy (non-hydrogen) atoms. The number of benzene rings is 1. The van der Waals surface area contributed by atoms with Crippen LogP contribution in [0.4, 0.5) is 21.9 Å². The highest BCUT2D eigenvalue weighted by Gasteiger charge is 2.34. The molecule has 1 aliphatic carbocycles. The number of amides is 3. The average molecular weight is 518 g/mol. The van der Waals surface area contributed by atoms with Gasteiger partial charge in [-0.1, -0.05) is 13.2 Å². The Balaban J connectivity index is 1.43. The van der Waals surface area contributed by atoms with Crippen molar-refractivity contribution in [2.45, 2.75) is 58.2 Å². The maximum Gasteiger partial charge on any atom is 0.331 e. The molecule has 1 aromatic carbocycles. The van der Waals surface area contributed by atoms with E-state index in [2.05, 4.69) is 34.1 Å². The number of hydrogen-bond donors (Lipinski definition) is 3. The van der Waals surface area contributed by atoms with Gasteiger partial charge in [0, 0.05) is 24.0 Å². The molecule has 3 heterocycles. The molecule has 9 heteroatoms. The Kier molecular flexibility index (Phi) is 6.64. The highest BCUT2D eigenvalue weighted by atomic mass is 32.1. The van der Waals surface area contributed by atoms with Crippen LogP contribution in [-0.4, -0.2) is 35.1 Å². The summed E-state index contributed by atoms with van der Waals surface area (Å²) in [6.07, 6.45) is 6.04. The van der Waals surface area contributed by atoms with Gasteiger partial charge >= 0.3 is 6.03 Å². The van der Waals surface area contributed by atoms with Crippen molar-refractivity contribution in [2.24, 2.45) is 0 Å². The van der Waals surface area contributed by atoms with Crippen LogP contribution in [0.5, 0.6) is 5.75 Å². The van der Waals surface area contributed by atoms with Crippen molar-refractivity contribution in [2.75, 3.05) is 10.2 Å². The Morgan fingerprint density at radius 2 is 2.00 bits per heavy atom. The van der Waals surface area contributed by atoms with Crippen molar-refractivity contribution in [3.05, 3.63) is 65.8 Å². The summed E-state index contributed by atoms with van der Waals surface area (Å²) in [7, 11) is 0. The van der Waals surface area contributed by atoms with Crippen LogP contribution in [0.1, 0.15) is 48.3 Å². The summed E-state index contributed by atoms with van der Waals surface area (Å²) < 4.78 is 5.81. The third kappa shape index (κ3) is 4.79. The lowest BCUT2D eigenvalue weighted by Crippen LogP contribution is -2.37. The fourth-order valence-electron chi connectivity index (χ4n) is 5.02. The van der Waals surface area contributed by atoms with Crippen LogP contribution in [0, 0.1) is 6.92 Å². The molecule has 0 bridgehead atoms. The molecule has 2 unspecified atom stereocenters. The van der Waals surface area contributed by atoms with Crippen molar-refractivity contribution < 1.29 is 14.3 Å². The predicted octanol–water partition coefficient (Wildman–Crippen LogP) is 6.02. The number of allylic oxidation sites excluding steroid dienone is 1. The van der Waals surface area contributed by atoms with Gasteiger partial charge in [0.15, 0.2) is 0 Å². The van der Waals surface area contributed by atoms with Gasteiger partial charge in [0.2, 0.25) is 0 Å².